The minimum Gasteiger partial charge on any atom is -0.491 e. The zero-order chi connectivity index (χ0) is 25.1. The van der Waals surface area contributed by atoms with Crippen molar-refractivity contribution in [3.8, 4) is 17.1 Å². The van der Waals surface area contributed by atoms with Crippen LogP contribution in [0.5, 0.6) is 5.75 Å². The summed E-state index contributed by atoms with van der Waals surface area (Å²) in [6, 6.07) is 6.24. The SMILES string of the molecule is CN=C(C(=CN)c1ccc2c(c1)OCCn1cc(C(N=C(C)N)=NC(C)C)nc1-2)C1CCN(C)C1. The lowest BCUT2D eigenvalue weighted by Crippen LogP contribution is -2.21. The van der Waals surface area contributed by atoms with Crippen LogP contribution in [-0.4, -0.2) is 71.7 Å². The summed E-state index contributed by atoms with van der Waals surface area (Å²) < 4.78 is 8.24. The normalized spacial score (nSPS) is 20.0. The molecule has 0 bridgehead atoms. The van der Waals surface area contributed by atoms with E-state index in [0.29, 0.717) is 36.4 Å². The van der Waals surface area contributed by atoms with E-state index in [1.54, 1.807) is 13.1 Å². The first-order chi connectivity index (χ1) is 16.8. The van der Waals surface area contributed by atoms with E-state index in [0.717, 1.165) is 53.5 Å². The molecule has 0 amide bonds. The Morgan fingerprint density at radius 1 is 1.29 bits per heavy atom. The molecular formula is C26H36N8O. The Balaban J connectivity index is 1.72. The summed E-state index contributed by atoms with van der Waals surface area (Å²) in [7, 11) is 3.99. The third-order valence-corrected chi connectivity index (χ3v) is 6.25. The average Bonchev–Trinajstić information content (AvgIpc) is 3.39. The van der Waals surface area contributed by atoms with E-state index in [-0.39, 0.29) is 6.04 Å². The maximum atomic E-state index is 6.16. The van der Waals surface area contributed by atoms with Gasteiger partial charge < -0.3 is 25.7 Å². The number of benzene rings is 1. The van der Waals surface area contributed by atoms with E-state index < -0.39 is 0 Å². The van der Waals surface area contributed by atoms with E-state index in [2.05, 4.69) is 37.6 Å². The molecule has 3 heterocycles. The third-order valence-electron chi connectivity index (χ3n) is 6.25. The first-order valence-corrected chi connectivity index (χ1v) is 12.1. The number of aliphatic imine (C=N–C) groups is 3. The van der Waals surface area contributed by atoms with Crippen LogP contribution in [0.1, 0.15) is 38.4 Å². The van der Waals surface area contributed by atoms with Crippen molar-refractivity contribution in [2.75, 3.05) is 33.8 Å². The Morgan fingerprint density at radius 2 is 2.09 bits per heavy atom. The Hall–Kier alpha value is -3.46. The molecule has 9 nitrogen and oxygen atoms in total. The smallest absolute Gasteiger partial charge is 0.177 e. The zero-order valence-electron chi connectivity index (χ0n) is 21.3. The minimum atomic E-state index is 0.0725. The molecule has 2 aromatic rings. The quantitative estimate of drug-likeness (QED) is 0.508. The van der Waals surface area contributed by atoms with Crippen LogP contribution < -0.4 is 16.2 Å². The zero-order valence-corrected chi connectivity index (χ0v) is 21.3. The Morgan fingerprint density at radius 3 is 2.71 bits per heavy atom. The van der Waals surface area contributed by atoms with Crippen molar-refractivity contribution in [3.05, 3.63) is 41.9 Å². The molecule has 35 heavy (non-hydrogen) atoms. The van der Waals surface area contributed by atoms with Crippen molar-refractivity contribution < 1.29 is 4.74 Å². The highest BCUT2D eigenvalue weighted by molar-refractivity contribution is 6.25. The van der Waals surface area contributed by atoms with Crippen LogP contribution in [0.3, 0.4) is 0 Å². The number of allylic oxidation sites excluding steroid dienone is 1. The Labute approximate surface area is 207 Å². The maximum absolute atomic E-state index is 6.16. The monoisotopic (exact) mass is 476 g/mol. The van der Waals surface area contributed by atoms with Gasteiger partial charge in [-0.25, -0.2) is 9.98 Å². The molecule has 0 saturated carbocycles. The van der Waals surface area contributed by atoms with Crippen LogP contribution in [0.15, 0.2) is 45.6 Å². The number of imidazole rings is 1. The second-order valence-corrected chi connectivity index (χ2v) is 9.44. The molecule has 0 spiro atoms. The van der Waals surface area contributed by atoms with Crippen molar-refractivity contribution in [1.29, 1.82) is 0 Å². The lowest BCUT2D eigenvalue weighted by Gasteiger charge is -2.18. The van der Waals surface area contributed by atoms with E-state index in [4.69, 9.17) is 21.2 Å². The number of aromatic nitrogens is 2. The molecule has 1 aromatic heterocycles. The van der Waals surface area contributed by atoms with Gasteiger partial charge in [0.1, 0.15) is 23.9 Å². The van der Waals surface area contributed by atoms with Gasteiger partial charge in [-0.3, -0.25) is 9.98 Å². The molecule has 186 valence electrons. The number of nitrogens with two attached hydrogens (primary N) is 2. The summed E-state index contributed by atoms with van der Waals surface area (Å²) in [5, 5.41) is 0. The van der Waals surface area contributed by atoms with Crippen LogP contribution in [0.4, 0.5) is 0 Å². The first-order valence-electron chi connectivity index (χ1n) is 12.1. The molecule has 0 radical (unpaired) electrons. The van der Waals surface area contributed by atoms with E-state index in [1.807, 2.05) is 39.2 Å². The van der Waals surface area contributed by atoms with Crippen molar-refractivity contribution >= 4 is 23.0 Å². The fourth-order valence-electron chi connectivity index (χ4n) is 4.73. The molecule has 0 aliphatic carbocycles. The minimum absolute atomic E-state index is 0.0725. The molecule has 2 aliphatic rings. The molecule has 4 rings (SSSR count). The fraction of sp³-hybridized carbons (Fsp3) is 0.462. The van der Waals surface area contributed by atoms with Crippen LogP contribution in [-0.2, 0) is 6.54 Å². The summed E-state index contributed by atoms with van der Waals surface area (Å²) >= 11 is 0. The van der Waals surface area contributed by atoms with Crippen LogP contribution in [0, 0.1) is 5.92 Å². The van der Waals surface area contributed by atoms with Gasteiger partial charge in [-0.05, 0) is 58.5 Å². The molecule has 1 saturated heterocycles. The van der Waals surface area contributed by atoms with Crippen molar-refractivity contribution in [3.63, 3.8) is 0 Å². The number of fused-ring (bicyclic) bond motifs is 3. The van der Waals surface area contributed by atoms with Crippen LogP contribution in [0.25, 0.3) is 17.0 Å². The van der Waals surface area contributed by atoms with E-state index in [1.165, 1.54) is 0 Å². The molecule has 1 fully saturated rings. The Kier molecular flexibility index (Phi) is 7.35. The predicted molar refractivity (Wildman–Crippen MR) is 143 cm³/mol. The molecule has 2 aliphatic heterocycles. The topological polar surface area (TPSA) is 119 Å². The summed E-state index contributed by atoms with van der Waals surface area (Å²) in [5.41, 5.74) is 16.6. The number of hydrogen-bond acceptors (Lipinski definition) is 6. The van der Waals surface area contributed by atoms with Crippen molar-refractivity contribution in [2.45, 2.75) is 39.8 Å². The predicted octanol–water partition coefficient (Wildman–Crippen LogP) is 2.80. The highest BCUT2D eigenvalue weighted by Crippen LogP contribution is 2.36. The van der Waals surface area contributed by atoms with E-state index >= 15 is 0 Å². The van der Waals surface area contributed by atoms with Gasteiger partial charge in [0.05, 0.1) is 17.9 Å². The van der Waals surface area contributed by atoms with Gasteiger partial charge in [0.2, 0.25) is 0 Å². The third kappa shape index (κ3) is 5.30. The van der Waals surface area contributed by atoms with Crippen molar-refractivity contribution in [2.24, 2.45) is 32.4 Å². The van der Waals surface area contributed by atoms with Gasteiger partial charge in [-0.2, -0.15) is 0 Å². The molecule has 1 aromatic carbocycles. The Bertz CT molecular complexity index is 1200. The molecule has 1 atom stereocenters. The molecule has 1 unspecified atom stereocenters. The lowest BCUT2D eigenvalue weighted by molar-refractivity contribution is 0.306. The number of likely N-dealkylation sites (tertiary alicyclic amines) is 1. The van der Waals surface area contributed by atoms with Crippen molar-refractivity contribution in [1.82, 2.24) is 14.5 Å². The summed E-state index contributed by atoms with van der Waals surface area (Å²) in [4.78, 5) is 20.9. The highest BCUT2D eigenvalue weighted by atomic mass is 16.5. The second-order valence-electron chi connectivity index (χ2n) is 9.44. The van der Waals surface area contributed by atoms with Gasteiger partial charge in [-0.1, -0.05) is 6.07 Å². The lowest BCUT2D eigenvalue weighted by atomic mass is 9.91. The number of nitrogens with zero attached hydrogens (tertiary/aromatic N) is 6. The maximum Gasteiger partial charge on any atom is 0.177 e. The molecule has 4 N–H and O–H groups in total. The highest BCUT2D eigenvalue weighted by Gasteiger charge is 2.28. The van der Waals surface area contributed by atoms with Gasteiger partial charge in [0, 0.05) is 49.2 Å². The van der Waals surface area contributed by atoms with Gasteiger partial charge in [0.15, 0.2) is 5.84 Å². The van der Waals surface area contributed by atoms with Gasteiger partial charge >= 0.3 is 0 Å². The fourth-order valence-corrected chi connectivity index (χ4v) is 4.73. The number of amidine groups is 2. The number of rotatable bonds is 5. The van der Waals surface area contributed by atoms with Gasteiger partial charge in [-0.15, -0.1) is 0 Å². The summed E-state index contributed by atoms with van der Waals surface area (Å²) in [5.74, 6) is 2.95. The van der Waals surface area contributed by atoms with Crippen LogP contribution >= 0.6 is 0 Å². The number of hydrogen-bond donors (Lipinski definition) is 2. The second kappa shape index (κ2) is 10.4. The largest absolute Gasteiger partial charge is 0.491 e. The first kappa shape index (κ1) is 24.7. The number of ether oxygens (including phenoxy) is 1. The summed E-state index contributed by atoms with van der Waals surface area (Å²) in [6.07, 6.45) is 4.71. The summed E-state index contributed by atoms with van der Waals surface area (Å²) in [6.45, 7) is 9.01. The molecule has 9 heteroatoms. The average molecular weight is 477 g/mol. The van der Waals surface area contributed by atoms with E-state index in [9.17, 15) is 0 Å². The standard InChI is InChI=1S/C26H36N8O/c1-16(2)30-25(31-17(3)28)22-15-34-10-11-35-23-12-18(6-7-20(23)26(34)32-22)21(13-27)24(29-4)19-8-9-33(5)14-19/h6-7,12-13,15-16,19H,8-11,14,27H2,1-5H3,(H2,28,30,31). The molecular weight excluding hydrogens is 440 g/mol. The van der Waals surface area contributed by atoms with Gasteiger partial charge in [0.25, 0.3) is 0 Å². The van der Waals surface area contributed by atoms with Crippen LogP contribution in [0.2, 0.25) is 0 Å².